The SMILES string of the molecule is C.C.CC(=O)[O][Pb]([O]C(C)=O)([O]C(C)=O)[O]C(C)=O.CC(C)(C)OC(=O)NC1(c2ccc(Br)cc2)CCC1.CC(C)(C)OC(=O)NC1(c2ccc(C(=O)Cc3ccccc3)cc2)CCC1.N#CC1(c2ccc(Br)cc2)CCC1.N#CCc1ccc(Br)cc1.NC(=O)C1(c2ccc(Br)cc2)CCC1.[C-]#[N+]c1ccc(C2(NC(=O)OC(C)(C)C)CCC2)cc1.[CH2-]c1ccccc1.[Cl-].[Mg+2]. The first-order valence-corrected chi connectivity index (χ1v) is 51.2. The second kappa shape index (κ2) is 54.9. The van der Waals surface area contributed by atoms with Gasteiger partial charge < -0.3 is 48.3 Å². The summed E-state index contributed by atoms with van der Waals surface area (Å²) in [6.45, 7) is 31.5. The summed E-state index contributed by atoms with van der Waals surface area (Å²) in [6.07, 6.45) is 14.6. The first kappa shape index (κ1) is 118. The number of nitrogens with zero attached hydrogens (tertiary/aromatic N) is 3. The molecule has 8 aromatic rings. The molecule has 0 radical (unpaired) electrons. The van der Waals surface area contributed by atoms with E-state index >= 15 is 0 Å². The van der Waals surface area contributed by atoms with Gasteiger partial charge in [0.25, 0.3) is 0 Å². The molecule has 0 spiro atoms. The minimum absolute atomic E-state index is 0. The van der Waals surface area contributed by atoms with Crippen molar-refractivity contribution in [3.63, 3.8) is 0 Å². The molecule has 4 amide bonds. The molecule has 0 bridgehead atoms. The van der Waals surface area contributed by atoms with Crippen molar-refractivity contribution < 1.29 is 80.5 Å². The third kappa shape index (κ3) is 39.1. The fraction of sp³-hybridized carbons (Fsp3) is 0.396. The van der Waals surface area contributed by atoms with Gasteiger partial charge in [0.1, 0.15) is 16.8 Å². The van der Waals surface area contributed by atoms with E-state index in [9.17, 15) is 43.2 Å². The van der Waals surface area contributed by atoms with E-state index in [0.717, 1.165) is 174 Å². The number of Topliss-reactive ketones (excluding diaryl/α,β-unsaturated/α-hetero) is 1. The molecule has 0 atom stereocenters. The Hall–Kier alpha value is -9.17. The Morgan fingerprint density at radius 3 is 0.985 bits per heavy atom. The van der Waals surface area contributed by atoms with Gasteiger partial charge in [0.2, 0.25) is 5.91 Å². The molecule has 5 fully saturated rings. The van der Waals surface area contributed by atoms with Crippen molar-refractivity contribution in [3.8, 4) is 12.1 Å². The van der Waals surface area contributed by atoms with Gasteiger partial charge in [-0.1, -0.05) is 218 Å². The number of nitriles is 2. The molecule has 698 valence electrons. The van der Waals surface area contributed by atoms with E-state index in [1.165, 1.54) is 12.0 Å². The standard InChI is InChI=1S/C23H27NO3.C16H20N2O2.C15H20BrNO2.C11H12BrNO.C11H10BrN.C8H6BrN.C7H7.4C2H4O2.2CH4.ClH.Mg.Pb/c1-22(2,3)27-21(26)24-23(14-7-15-23)19-12-10-18(11-13-19)20(25)16-17-8-5-4-6-9-17;1-15(2,3)20-14(19)18-16(10-5-11-16)12-6-8-13(17-4)9-7-12;1-14(2,3)19-13(18)17-15(9-4-10-15)11-5-7-12(16)8-6-11;12-9-4-2-8(3-5-9)11(10(13)14)6-1-7-11;12-10-4-2-9(3-5-10)11(8-13)6-1-7-11;9-8-3-1-7(2-4-8)5-6-10;1-7-5-3-2-4-6-7;4*1-2(3)4;;;;;/h4-6,8-13H,7,14-16H2,1-3H3,(H,24,26);6-9H,5,10-11H2,1-3H3,(H,18,19);5-8H,4,9-10H2,1-3H3,(H,17,18);2-5H,1,6-7H2,(H2,13,14);2-5H,1,6-7H2;1-4H,5H2;2-6H,1H2;4*1H3,(H,3,4);2*1H4;1H;;/q;;;;;;-1;;;;;;;;+2;+4/p-5. The molecule has 5 N–H and O–H groups in total. The molecule has 30 heteroatoms. The fourth-order valence-electron chi connectivity index (χ4n) is 13.8. The quantitative estimate of drug-likeness (QED) is 0.0285. The molecular weight excluding hydrogens is 2150 g/mol. The van der Waals surface area contributed by atoms with Gasteiger partial charge in [0, 0.05) is 29.9 Å². The molecule has 0 saturated heterocycles. The van der Waals surface area contributed by atoms with Crippen LogP contribution in [0, 0.1) is 36.2 Å². The van der Waals surface area contributed by atoms with Crippen molar-refractivity contribution in [2.75, 3.05) is 0 Å². The molecule has 0 unspecified atom stereocenters. The van der Waals surface area contributed by atoms with Crippen LogP contribution in [0.1, 0.15) is 256 Å². The van der Waals surface area contributed by atoms with E-state index in [2.05, 4.69) is 126 Å². The number of carbonyl (C=O) groups excluding carboxylic acids is 9. The number of benzene rings is 8. The van der Waals surface area contributed by atoms with E-state index in [1.807, 2.05) is 244 Å². The summed E-state index contributed by atoms with van der Waals surface area (Å²) >= 11 is 8.08. The average molecular weight is 2280 g/mol. The summed E-state index contributed by atoms with van der Waals surface area (Å²) in [5.41, 5.74) is 12.3. The van der Waals surface area contributed by atoms with Crippen LogP contribution < -0.4 is 34.1 Å². The number of carbonyl (C=O) groups is 9. The maximum Gasteiger partial charge on any atom is 2.00 e. The van der Waals surface area contributed by atoms with Gasteiger partial charge in [0.15, 0.2) is 11.5 Å². The van der Waals surface area contributed by atoms with E-state index in [1.54, 1.807) is 12.1 Å². The van der Waals surface area contributed by atoms with Crippen molar-refractivity contribution >= 4 is 169 Å². The zero-order valence-electron chi connectivity index (χ0n) is 75.4. The van der Waals surface area contributed by atoms with Crippen molar-refractivity contribution in [2.24, 2.45) is 5.73 Å². The van der Waals surface area contributed by atoms with Crippen LogP contribution in [0.25, 0.3) is 4.85 Å². The van der Waals surface area contributed by atoms with Crippen LogP contribution in [0.5, 0.6) is 0 Å². The molecule has 5 aliphatic carbocycles. The Balaban J connectivity index is 0.000000516. The van der Waals surface area contributed by atoms with E-state index in [4.69, 9.17) is 37.0 Å². The summed E-state index contributed by atoms with van der Waals surface area (Å²) in [6, 6.07) is 71.0. The Bertz CT molecular complexity index is 5050. The van der Waals surface area contributed by atoms with Crippen LogP contribution in [0.4, 0.5) is 20.1 Å². The van der Waals surface area contributed by atoms with Crippen LogP contribution in [-0.4, -0.2) is 117 Å². The van der Waals surface area contributed by atoms with Gasteiger partial charge in [-0.25, -0.2) is 19.2 Å². The van der Waals surface area contributed by atoms with Crippen LogP contribution >= 0.6 is 63.7 Å². The Kier molecular flexibility index (Phi) is 49.4. The maximum absolute atomic E-state index is 12.5. The molecule has 13 rings (SSSR count). The average Bonchev–Trinajstić information content (AvgIpc) is 0.783. The number of nitrogens with one attached hydrogen (secondary N) is 3. The van der Waals surface area contributed by atoms with E-state index in [-0.39, 0.29) is 102 Å². The number of ether oxygens (including phenoxy) is 3. The molecular formula is C101H122Br4ClMgN7O16Pb. The number of hydrogen-bond acceptors (Lipinski definition) is 18. The van der Waals surface area contributed by atoms with Crippen molar-refractivity contribution in [3.05, 3.63) is 293 Å². The second-order valence-electron chi connectivity index (χ2n) is 34.2. The summed E-state index contributed by atoms with van der Waals surface area (Å²) in [5.74, 6) is -3.61. The van der Waals surface area contributed by atoms with Crippen LogP contribution in [0.15, 0.2) is 224 Å². The minimum atomic E-state index is -5.43. The topological polar surface area (TPSA) is 332 Å². The number of alkyl carbamates (subject to hydrolysis) is 3. The van der Waals surface area contributed by atoms with Crippen LogP contribution in [0.2, 0.25) is 0 Å². The van der Waals surface area contributed by atoms with Crippen LogP contribution in [-0.2, 0) is 89.2 Å². The van der Waals surface area contributed by atoms with E-state index in [0.29, 0.717) is 24.1 Å². The Labute approximate surface area is 837 Å². The molecule has 0 heterocycles. The van der Waals surface area contributed by atoms with Gasteiger partial charge in [-0.05, 0) is 240 Å². The fourth-order valence-corrected chi connectivity index (χ4v) is 21.3. The van der Waals surface area contributed by atoms with Gasteiger partial charge in [-0.3, -0.25) is 9.59 Å². The first-order valence-electron chi connectivity index (χ1n) is 41.7. The number of primary amides is 1. The monoisotopic (exact) mass is 2270 g/mol. The third-order valence-corrected chi connectivity index (χ3v) is 31.2. The summed E-state index contributed by atoms with van der Waals surface area (Å²) in [4.78, 5) is 107. The molecule has 5 saturated carbocycles. The normalized spacial score (nSPS) is 14.6. The zero-order chi connectivity index (χ0) is 94.0. The Morgan fingerprint density at radius 2 is 0.733 bits per heavy atom. The van der Waals surface area contributed by atoms with Crippen LogP contribution in [0.3, 0.4) is 0 Å². The minimum Gasteiger partial charge on any atom is -1.00 e. The van der Waals surface area contributed by atoms with Gasteiger partial charge >= 0.3 is 146 Å². The zero-order valence-corrected chi connectivity index (χ0v) is 87.8. The van der Waals surface area contributed by atoms with Crippen molar-refractivity contribution in [1.29, 1.82) is 10.5 Å². The second-order valence-corrected chi connectivity index (χ2v) is 44.9. The largest absolute Gasteiger partial charge is 2.00 e. The van der Waals surface area contributed by atoms with Crippen molar-refractivity contribution in [1.82, 2.24) is 16.0 Å². The smallest absolute Gasteiger partial charge is 1.00 e. The molecule has 23 nitrogen and oxygen atoms in total. The first-order chi connectivity index (χ1) is 59.7. The molecule has 5 aliphatic rings. The van der Waals surface area contributed by atoms with Crippen molar-refractivity contribution in [2.45, 2.75) is 258 Å². The van der Waals surface area contributed by atoms with Gasteiger partial charge in [-0.2, -0.15) is 35.1 Å². The number of ketones is 1. The Morgan fingerprint density at radius 1 is 0.435 bits per heavy atom. The summed E-state index contributed by atoms with van der Waals surface area (Å²) < 4.78 is 38.8. The molecule has 8 aromatic carbocycles. The van der Waals surface area contributed by atoms with Gasteiger partial charge in [-0.15, -0.1) is 12.1 Å². The van der Waals surface area contributed by atoms with Gasteiger partial charge in [0.05, 0.1) is 52.6 Å². The summed E-state index contributed by atoms with van der Waals surface area (Å²) in [7, 11) is 0. The molecule has 0 aromatic heterocycles. The predicted molar refractivity (Wildman–Crippen MR) is 523 cm³/mol. The number of hydrogen-bond donors (Lipinski definition) is 4. The maximum atomic E-state index is 12.5. The number of amides is 4. The number of halogens is 5. The third-order valence-electron chi connectivity index (χ3n) is 20.8. The summed E-state index contributed by atoms with van der Waals surface area (Å²) in [5, 5.41) is 26.5. The van der Waals surface area contributed by atoms with E-state index < -0.39 is 69.8 Å². The number of rotatable bonds is 17. The molecule has 0 aliphatic heterocycles. The molecule has 131 heavy (non-hydrogen) atoms. The number of nitrogens with two attached hydrogens (primary N) is 1. The predicted octanol–water partition coefficient (Wildman–Crippen LogP) is 21.2.